The molecule has 5 heteroatoms. The molecule has 0 radical (unpaired) electrons. The zero-order valence-electron chi connectivity index (χ0n) is 9.75. The standard InChI is InChI=1S/C14H9Cl2FN2/c15-11-2-1-3-12(16)14(11)19-8-9-4-5-13(17)10(6-9)7-18/h1-6,19H,8H2. The van der Waals surface area contributed by atoms with E-state index in [0.717, 1.165) is 5.56 Å². The molecule has 0 saturated heterocycles. The first-order chi connectivity index (χ1) is 9.11. The lowest BCUT2D eigenvalue weighted by atomic mass is 10.1. The van der Waals surface area contributed by atoms with Gasteiger partial charge in [0, 0.05) is 6.54 Å². The van der Waals surface area contributed by atoms with Crippen LogP contribution in [-0.2, 0) is 6.54 Å². The van der Waals surface area contributed by atoms with E-state index in [0.29, 0.717) is 22.3 Å². The molecule has 0 unspecified atom stereocenters. The summed E-state index contributed by atoms with van der Waals surface area (Å²) >= 11 is 12.0. The first-order valence-electron chi connectivity index (χ1n) is 5.48. The van der Waals surface area contributed by atoms with E-state index in [-0.39, 0.29) is 5.56 Å². The minimum absolute atomic E-state index is 0.0181. The van der Waals surface area contributed by atoms with Crippen molar-refractivity contribution in [2.24, 2.45) is 0 Å². The van der Waals surface area contributed by atoms with Crippen molar-refractivity contribution in [3.05, 3.63) is 63.4 Å². The van der Waals surface area contributed by atoms with Gasteiger partial charge in [0.2, 0.25) is 0 Å². The first kappa shape index (κ1) is 13.7. The van der Waals surface area contributed by atoms with Gasteiger partial charge in [0.25, 0.3) is 0 Å². The molecule has 0 fully saturated rings. The van der Waals surface area contributed by atoms with Crippen LogP contribution in [-0.4, -0.2) is 0 Å². The van der Waals surface area contributed by atoms with Crippen molar-refractivity contribution in [3.8, 4) is 6.07 Å². The molecule has 2 aromatic carbocycles. The van der Waals surface area contributed by atoms with Gasteiger partial charge >= 0.3 is 0 Å². The Labute approximate surface area is 120 Å². The second kappa shape index (κ2) is 5.92. The highest BCUT2D eigenvalue weighted by Gasteiger charge is 2.06. The van der Waals surface area contributed by atoms with E-state index in [4.69, 9.17) is 28.5 Å². The Balaban J connectivity index is 2.17. The fourth-order valence-electron chi connectivity index (χ4n) is 1.63. The Morgan fingerprint density at radius 2 is 1.84 bits per heavy atom. The quantitative estimate of drug-likeness (QED) is 0.897. The van der Waals surface area contributed by atoms with Gasteiger partial charge in [-0.05, 0) is 29.8 Å². The summed E-state index contributed by atoms with van der Waals surface area (Å²) in [4.78, 5) is 0. The topological polar surface area (TPSA) is 35.8 Å². The molecular formula is C14H9Cl2FN2. The number of benzene rings is 2. The van der Waals surface area contributed by atoms with Crippen molar-refractivity contribution in [2.45, 2.75) is 6.54 Å². The van der Waals surface area contributed by atoms with Crippen molar-refractivity contribution in [2.75, 3.05) is 5.32 Å². The maximum Gasteiger partial charge on any atom is 0.140 e. The van der Waals surface area contributed by atoms with Crippen LogP contribution in [0.3, 0.4) is 0 Å². The van der Waals surface area contributed by atoms with Gasteiger partial charge in [-0.2, -0.15) is 5.26 Å². The lowest BCUT2D eigenvalue weighted by molar-refractivity contribution is 0.623. The minimum atomic E-state index is -0.526. The van der Waals surface area contributed by atoms with Gasteiger partial charge in [-0.15, -0.1) is 0 Å². The van der Waals surface area contributed by atoms with Crippen LogP contribution in [0.2, 0.25) is 10.0 Å². The van der Waals surface area contributed by atoms with Gasteiger partial charge in [-0.3, -0.25) is 0 Å². The second-order valence-corrected chi connectivity index (χ2v) is 4.69. The van der Waals surface area contributed by atoms with Gasteiger partial charge in [0.1, 0.15) is 11.9 Å². The number of nitrogens with zero attached hydrogens (tertiary/aromatic N) is 1. The van der Waals surface area contributed by atoms with Gasteiger partial charge in [0.05, 0.1) is 21.3 Å². The fourth-order valence-corrected chi connectivity index (χ4v) is 2.16. The number of halogens is 3. The average molecular weight is 295 g/mol. The van der Waals surface area contributed by atoms with Crippen molar-refractivity contribution in [1.82, 2.24) is 0 Å². The summed E-state index contributed by atoms with van der Waals surface area (Å²) in [7, 11) is 0. The molecular weight excluding hydrogens is 286 g/mol. The first-order valence-corrected chi connectivity index (χ1v) is 6.24. The lowest BCUT2D eigenvalue weighted by Gasteiger charge is -2.10. The molecule has 0 aromatic heterocycles. The monoisotopic (exact) mass is 294 g/mol. The third-order valence-electron chi connectivity index (χ3n) is 2.58. The highest BCUT2D eigenvalue weighted by molar-refractivity contribution is 6.39. The highest BCUT2D eigenvalue weighted by Crippen LogP contribution is 2.30. The molecule has 2 rings (SSSR count). The normalized spacial score (nSPS) is 10.0. The largest absolute Gasteiger partial charge is 0.379 e. The maximum atomic E-state index is 13.2. The van der Waals surface area contributed by atoms with Crippen LogP contribution in [0, 0.1) is 17.1 Å². The van der Waals surface area contributed by atoms with Crippen LogP contribution in [0.15, 0.2) is 36.4 Å². The molecule has 0 bridgehead atoms. The second-order valence-electron chi connectivity index (χ2n) is 3.88. The van der Waals surface area contributed by atoms with Crippen LogP contribution in [0.25, 0.3) is 0 Å². The smallest absolute Gasteiger partial charge is 0.140 e. The number of nitrogens with one attached hydrogen (secondary N) is 1. The zero-order chi connectivity index (χ0) is 13.8. The molecule has 1 N–H and O–H groups in total. The van der Waals surface area contributed by atoms with Crippen molar-refractivity contribution >= 4 is 28.9 Å². The minimum Gasteiger partial charge on any atom is -0.379 e. The molecule has 19 heavy (non-hydrogen) atoms. The van der Waals surface area contributed by atoms with E-state index >= 15 is 0 Å². The Morgan fingerprint density at radius 3 is 2.47 bits per heavy atom. The van der Waals surface area contributed by atoms with Gasteiger partial charge in [-0.1, -0.05) is 35.3 Å². The molecule has 2 nitrogen and oxygen atoms in total. The van der Waals surface area contributed by atoms with Gasteiger partial charge < -0.3 is 5.32 Å². The van der Waals surface area contributed by atoms with Crippen molar-refractivity contribution in [3.63, 3.8) is 0 Å². The SMILES string of the molecule is N#Cc1cc(CNc2c(Cl)cccc2Cl)ccc1F. The molecule has 0 aliphatic rings. The van der Waals surface area contributed by atoms with E-state index in [9.17, 15) is 4.39 Å². The lowest BCUT2D eigenvalue weighted by Crippen LogP contribution is -2.01. The summed E-state index contributed by atoms with van der Waals surface area (Å²) in [5, 5.41) is 12.9. The number of nitriles is 1. The number of rotatable bonds is 3. The third kappa shape index (κ3) is 3.17. The average Bonchev–Trinajstić information content (AvgIpc) is 2.40. The predicted octanol–water partition coefficient (Wildman–Crippen LogP) is 4.62. The Kier molecular flexibility index (Phi) is 4.26. The van der Waals surface area contributed by atoms with E-state index in [1.807, 2.05) is 0 Å². The summed E-state index contributed by atoms with van der Waals surface area (Å²) in [6, 6.07) is 11.4. The summed E-state index contributed by atoms with van der Waals surface area (Å²) in [6.07, 6.45) is 0. The van der Waals surface area contributed by atoms with Crippen molar-refractivity contribution in [1.29, 1.82) is 5.26 Å². The number of para-hydroxylation sites is 1. The fraction of sp³-hybridized carbons (Fsp3) is 0.0714. The van der Waals surface area contributed by atoms with E-state index < -0.39 is 5.82 Å². The summed E-state index contributed by atoms with van der Waals surface area (Å²) < 4.78 is 13.2. The molecule has 0 atom stereocenters. The Bertz CT molecular complexity index is 630. The molecule has 0 aliphatic carbocycles. The predicted molar refractivity (Wildman–Crippen MR) is 74.9 cm³/mol. The number of hydrogen-bond donors (Lipinski definition) is 1. The molecule has 0 heterocycles. The molecule has 0 amide bonds. The molecule has 0 aliphatic heterocycles. The Morgan fingerprint density at radius 1 is 1.16 bits per heavy atom. The summed E-state index contributed by atoms with van der Waals surface area (Å²) in [6.45, 7) is 0.401. The van der Waals surface area contributed by atoms with Crippen LogP contribution in [0.4, 0.5) is 10.1 Å². The van der Waals surface area contributed by atoms with Gasteiger partial charge in [0.15, 0.2) is 0 Å². The van der Waals surface area contributed by atoms with Crippen LogP contribution in [0.5, 0.6) is 0 Å². The summed E-state index contributed by atoms with van der Waals surface area (Å²) in [5.41, 5.74) is 1.41. The molecule has 2 aromatic rings. The number of anilines is 1. The zero-order valence-corrected chi connectivity index (χ0v) is 11.3. The van der Waals surface area contributed by atoms with Crippen LogP contribution < -0.4 is 5.32 Å². The number of hydrogen-bond acceptors (Lipinski definition) is 2. The van der Waals surface area contributed by atoms with E-state index in [1.54, 1.807) is 30.3 Å². The van der Waals surface area contributed by atoms with E-state index in [1.165, 1.54) is 12.1 Å². The molecule has 0 spiro atoms. The maximum absolute atomic E-state index is 13.2. The third-order valence-corrected chi connectivity index (χ3v) is 3.21. The van der Waals surface area contributed by atoms with Crippen LogP contribution in [0.1, 0.15) is 11.1 Å². The molecule has 96 valence electrons. The Hall–Kier alpha value is -1.76. The van der Waals surface area contributed by atoms with Crippen LogP contribution >= 0.6 is 23.2 Å². The van der Waals surface area contributed by atoms with Gasteiger partial charge in [-0.25, -0.2) is 4.39 Å². The highest BCUT2D eigenvalue weighted by atomic mass is 35.5. The molecule has 0 saturated carbocycles. The van der Waals surface area contributed by atoms with Crippen molar-refractivity contribution < 1.29 is 4.39 Å². The summed E-state index contributed by atoms with van der Waals surface area (Å²) in [5.74, 6) is -0.526. The van der Waals surface area contributed by atoms with E-state index in [2.05, 4.69) is 5.32 Å².